The van der Waals surface area contributed by atoms with Gasteiger partial charge in [-0.15, -0.1) is 0 Å². The van der Waals surface area contributed by atoms with Gasteiger partial charge in [-0.25, -0.2) is 19.2 Å². The Morgan fingerprint density at radius 3 is 1.52 bits per heavy atom. The van der Waals surface area contributed by atoms with Crippen LogP contribution in [-0.2, 0) is 99.8 Å². The number of benzene rings is 4. The molecule has 0 bridgehead atoms. The molecule has 0 aromatic heterocycles. The smallest absolute Gasteiger partial charge is 0.338 e. The van der Waals surface area contributed by atoms with Gasteiger partial charge in [-0.05, 0) is 90.4 Å². The molecule has 4 aromatic carbocycles. The number of phenolic OH excluding ortho intramolecular Hbond substituents is 2. The van der Waals surface area contributed by atoms with Crippen molar-refractivity contribution in [1.29, 1.82) is 0 Å². The van der Waals surface area contributed by atoms with Gasteiger partial charge in [0.15, 0.2) is 55.0 Å². The molecule has 40 heteroatoms. The maximum Gasteiger partial charge on any atom is 0.338 e. The molecule has 0 saturated carbocycles. The van der Waals surface area contributed by atoms with Crippen LogP contribution in [0.2, 0.25) is 0 Å². The number of esters is 6. The molecule has 115 heavy (non-hydrogen) atoms. The standard InChI is InChI=1S/C75H90O40/c1-33-52(86)56(90)59(93)70(102-33)104-41-20-12-37(13-21-41)16-25-51(85)109-64-46(29-78)106-74(115-75(32-101-50(84)23-15-36-10-18-40(81)19-11-36)68(55(89)44(27-76)114-75)113-69(97)39-8-6-5-7-9-39)67(112-72-61(95)58(92)54(88)48(108-72)31-100-49(83)24-17-38-14-22-42(82)43(26-38)98-4)66(64)111-73-62(96)65(63(103-35(3)80)45(28-77)105-73)110-71-60(94)57(91)53(87)47(107-71)30-99-34(2)79/h5-26,33,44-48,52-68,70-74,76-78,81-82,86-96H,27-32H2,1-4H3/t33-,44+,45+,46+,47+,48+,52-,53+,54+,55+,56+,57-,58-,59+,60+,61+,62+,63+,64+,65+,66-,67+,68-,70-,71-,72-,73-,74+,75-/m0/s1. The number of carbonyl (C=O) groups excluding carboxylic acids is 6. The Kier molecular flexibility index (Phi) is 30.7. The number of aliphatic hydroxyl groups excluding tert-OH is 14. The van der Waals surface area contributed by atoms with Gasteiger partial charge < -0.3 is 167 Å². The van der Waals surface area contributed by atoms with E-state index in [1.807, 2.05) is 0 Å². The van der Waals surface area contributed by atoms with Crippen LogP contribution in [-0.4, -0.2) is 342 Å². The van der Waals surface area contributed by atoms with Crippen LogP contribution in [0.1, 0.15) is 47.8 Å². The van der Waals surface area contributed by atoms with Crippen LogP contribution in [0.5, 0.6) is 23.0 Å². The van der Waals surface area contributed by atoms with E-state index in [2.05, 4.69) is 0 Å². The highest BCUT2D eigenvalue weighted by molar-refractivity contribution is 5.90. The molecular formula is C75H90O40. The number of ether oxygens (including phenoxy) is 18. The number of methoxy groups -OCH3 is 1. The molecule has 0 amide bonds. The summed E-state index contributed by atoms with van der Waals surface area (Å²) in [6, 6.07) is 21.9. The fourth-order valence-corrected chi connectivity index (χ4v) is 12.9. The molecule has 6 saturated heterocycles. The molecule has 6 fully saturated rings. The summed E-state index contributed by atoms with van der Waals surface area (Å²) in [7, 11) is 1.28. The zero-order valence-electron chi connectivity index (χ0n) is 61.6. The lowest BCUT2D eigenvalue weighted by atomic mass is 9.95. The van der Waals surface area contributed by atoms with Gasteiger partial charge in [0.1, 0.15) is 147 Å². The van der Waals surface area contributed by atoms with E-state index in [1.54, 1.807) is 0 Å². The summed E-state index contributed by atoms with van der Waals surface area (Å²) in [4.78, 5) is 81.3. The Balaban J connectivity index is 1.09. The molecule has 630 valence electrons. The highest BCUT2D eigenvalue weighted by atomic mass is 16.8. The molecule has 0 radical (unpaired) electrons. The fourth-order valence-electron chi connectivity index (χ4n) is 12.9. The fraction of sp³-hybridized carbons (Fsp3) is 0.520. The first-order valence-electron chi connectivity index (χ1n) is 35.8. The number of carbonyl (C=O) groups is 6. The number of rotatable bonds is 30. The SMILES string of the molecule is COc1cc(C=CC(=O)OC[C@H]2O[C@@H](O[C@H]3[C@@H](O[C@]4(COC(=O)C=Cc5ccc(O)cc5)O[C@H](CO)[C@@H](O)[C@@H]4OC(=O)c4ccccc4)O[C@H](CO)[C@@H](OC(=O)C=Cc4ccc(O[C@@H]5O[C@@H](C)[C@H](O)[C@@H](O)[C@H]5O)cc4)[C@@H]3O[C@@H]3O[C@H](CO)[C@@H](OC(C)=O)[C@H](O[C@@H]4O[C@H](COC(C)=O)[C@@H](O)[C@H](O)[C@H]4O)[C@H]3O)[C@H](O)[C@@H](O)[C@@H]2O)ccc1O. The van der Waals surface area contributed by atoms with Crippen molar-refractivity contribution in [2.45, 2.75) is 198 Å². The summed E-state index contributed by atoms with van der Waals surface area (Å²) in [6.45, 7) is -3.54. The van der Waals surface area contributed by atoms with Crippen molar-refractivity contribution in [1.82, 2.24) is 0 Å². The van der Waals surface area contributed by atoms with Crippen molar-refractivity contribution < 1.29 is 196 Å². The molecule has 6 aliphatic rings. The molecule has 16 N–H and O–H groups in total. The van der Waals surface area contributed by atoms with Crippen LogP contribution >= 0.6 is 0 Å². The number of phenols is 2. The van der Waals surface area contributed by atoms with Crippen molar-refractivity contribution in [3.63, 3.8) is 0 Å². The van der Waals surface area contributed by atoms with E-state index in [4.69, 9.17) is 85.3 Å². The summed E-state index contributed by atoms with van der Waals surface area (Å²) in [5.41, 5.74) is 0.655. The van der Waals surface area contributed by atoms with Gasteiger partial charge in [0.05, 0.1) is 38.6 Å². The summed E-state index contributed by atoms with van der Waals surface area (Å²) in [6.07, 6.45) is -52.9. The largest absolute Gasteiger partial charge is 0.508 e. The summed E-state index contributed by atoms with van der Waals surface area (Å²) < 4.78 is 107. The van der Waals surface area contributed by atoms with Gasteiger partial charge in [-0.3, -0.25) is 9.59 Å². The molecule has 0 unspecified atom stereocenters. The van der Waals surface area contributed by atoms with Crippen LogP contribution in [0.15, 0.2) is 115 Å². The average molecular weight is 1630 g/mol. The number of aliphatic hydroxyl groups is 14. The van der Waals surface area contributed by atoms with Gasteiger partial charge >= 0.3 is 35.8 Å². The quantitative estimate of drug-likeness (QED) is 0.0133. The Bertz CT molecular complexity index is 3980. The lowest BCUT2D eigenvalue weighted by Crippen LogP contribution is -2.69. The van der Waals surface area contributed by atoms with E-state index < -0.39 is 253 Å². The highest BCUT2D eigenvalue weighted by Crippen LogP contribution is 2.43. The minimum absolute atomic E-state index is 0.0276. The topological polar surface area (TPSA) is 592 Å². The number of hydrogen-bond acceptors (Lipinski definition) is 40. The zero-order valence-corrected chi connectivity index (χ0v) is 61.6. The molecule has 0 spiro atoms. The van der Waals surface area contributed by atoms with E-state index >= 15 is 0 Å². The molecule has 4 aromatic rings. The third kappa shape index (κ3) is 21.7. The van der Waals surface area contributed by atoms with Crippen molar-refractivity contribution in [3.8, 4) is 23.0 Å². The van der Waals surface area contributed by atoms with Crippen LogP contribution in [0.25, 0.3) is 18.2 Å². The minimum Gasteiger partial charge on any atom is -0.508 e. The van der Waals surface area contributed by atoms with Gasteiger partial charge in [0.2, 0.25) is 12.1 Å². The van der Waals surface area contributed by atoms with E-state index in [0.717, 1.165) is 38.2 Å². The molecule has 10 rings (SSSR count). The first-order valence-corrected chi connectivity index (χ1v) is 35.8. The van der Waals surface area contributed by atoms with E-state index in [0.29, 0.717) is 11.1 Å². The van der Waals surface area contributed by atoms with Gasteiger partial charge in [0, 0.05) is 32.1 Å². The molecule has 6 aliphatic heterocycles. The van der Waals surface area contributed by atoms with Crippen LogP contribution in [0.4, 0.5) is 0 Å². The molecule has 6 heterocycles. The van der Waals surface area contributed by atoms with E-state index in [9.17, 15) is 110 Å². The maximum absolute atomic E-state index is 14.7. The highest BCUT2D eigenvalue weighted by Gasteiger charge is 2.65. The summed E-state index contributed by atoms with van der Waals surface area (Å²) in [5, 5.41) is 179. The zero-order chi connectivity index (χ0) is 83.3. The molecular weight excluding hydrogens is 1540 g/mol. The second-order valence-electron chi connectivity index (χ2n) is 27.1. The second-order valence-corrected chi connectivity index (χ2v) is 27.1. The lowest BCUT2D eigenvalue weighted by molar-refractivity contribution is -0.423. The Labute approximate surface area is 653 Å². The van der Waals surface area contributed by atoms with Crippen molar-refractivity contribution in [3.05, 3.63) is 138 Å². The summed E-state index contributed by atoms with van der Waals surface area (Å²) >= 11 is 0. The first-order chi connectivity index (χ1) is 54.8. The monoisotopic (exact) mass is 1630 g/mol. The lowest BCUT2D eigenvalue weighted by Gasteiger charge is -2.51. The van der Waals surface area contributed by atoms with Crippen molar-refractivity contribution in [2.24, 2.45) is 0 Å². The average Bonchev–Trinajstić information content (AvgIpc) is 1.70. The van der Waals surface area contributed by atoms with E-state index in [1.165, 1.54) is 123 Å². The predicted octanol–water partition coefficient (Wildman–Crippen LogP) is -4.50. The van der Waals surface area contributed by atoms with Crippen molar-refractivity contribution >= 4 is 54.0 Å². The molecule has 40 nitrogen and oxygen atoms in total. The van der Waals surface area contributed by atoms with E-state index in [-0.39, 0.29) is 34.1 Å². The Morgan fingerprint density at radius 1 is 0.443 bits per heavy atom. The normalized spacial score (nSPS) is 35.6. The maximum atomic E-state index is 14.7. The summed E-state index contributed by atoms with van der Waals surface area (Å²) in [5.74, 6) is -10.4. The van der Waals surface area contributed by atoms with Gasteiger partial charge in [-0.1, -0.05) is 48.5 Å². The van der Waals surface area contributed by atoms with Crippen LogP contribution in [0.3, 0.4) is 0 Å². The number of hydrogen-bond donors (Lipinski definition) is 16. The van der Waals surface area contributed by atoms with Crippen LogP contribution < -0.4 is 9.47 Å². The third-order valence-electron chi connectivity index (χ3n) is 19.1. The van der Waals surface area contributed by atoms with Crippen LogP contribution in [0, 0.1) is 0 Å². The first kappa shape index (κ1) is 88.5. The molecule has 0 aliphatic carbocycles. The van der Waals surface area contributed by atoms with Gasteiger partial charge in [-0.2, -0.15) is 0 Å². The second kappa shape index (κ2) is 39.9. The third-order valence-corrected chi connectivity index (χ3v) is 19.1. The predicted molar refractivity (Wildman–Crippen MR) is 376 cm³/mol. The van der Waals surface area contributed by atoms with Crippen molar-refractivity contribution in [2.75, 3.05) is 46.8 Å². The Hall–Kier alpha value is -8.84. The minimum atomic E-state index is -3.09. The number of aromatic hydroxyl groups is 2. The molecule has 29 atom stereocenters. The Morgan fingerprint density at radius 2 is 0.939 bits per heavy atom. The van der Waals surface area contributed by atoms with Gasteiger partial charge in [0.25, 0.3) is 0 Å².